The number of hydrogen-bond donors (Lipinski definition) is 1. The van der Waals surface area contributed by atoms with Gasteiger partial charge in [0, 0.05) is 17.6 Å². The van der Waals surface area contributed by atoms with Crippen molar-refractivity contribution < 1.29 is 19.4 Å². The second-order valence-corrected chi connectivity index (χ2v) is 5.61. The normalized spacial score (nSPS) is 29.6. The molecule has 1 N–H and O–H groups in total. The Morgan fingerprint density at radius 3 is 2.38 bits per heavy atom. The van der Waals surface area contributed by atoms with Crippen LogP contribution in [0.4, 0.5) is 5.69 Å². The number of aliphatic carboxylic acids is 1. The quantitative estimate of drug-likeness (QED) is 0.824. The molecule has 1 amide bonds. The molecule has 2 aliphatic heterocycles. The number of ether oxygens (including phenoxy) is 1. The minimum Gasteiger partial charge on any atom is -0.550 e. The average Bonchev–Trinajstić information content (AvgIpc) is 3.03. The molecule has 2 bridgehead atoms. The number of carboxylic acid groups (broad SMARTS) is 1. The smallest absolute Gasteiger partial charge is 0.231 e. The minimum absolute atomic E-state index is 0.343. The van der Waals surface area contributed by atoms with E-state index in [4.69, 9.17) is 4.74 Å². The molecule has 4 atom stereocenters. The zero-order valence-corrected chi connectivity index (χ0v) is 11.8. The molecule has 110 valence electrons. The third-order valence-electron chi connectivity index (χ3n) is 4.25. The predicted octanol–water partition coefficient (Wildman–Crippen LogP) is 0.561. The van der Waals surface area contributed by atoms with Gasteiger partial charge in [0.1, 0.15) is 0 Å². The number of fused-ring (bicyclic) bond motifs is 2. The van der Waals surface area contributed by atoms with Crippen LogP contribution in [0.5, 0.6) is 0 Å². The van der Waals surface area contributed by atoms with Gasteiger partial charge in [-0.1, -0.05) is 18.2 Å². The van der Waals surface area contributed by atoms with Crippen molar-refractivity contribution in [1.82, 2.24) is 0 Å². The topological polar surface area (TPSA) is 78.5 Å². The van der Waals surface area contributed by atoms with Crippen molar-refractivity contribution in [2.45, 2.75) is 26.1 Å². The molecule has 1 aromatic carbocycles. The van der Waals surface area contributed by atoms with Crippen LogP contribution in [0.2, 0.25) is 0 Å². The maximum Gasteiger partial charge on any atom is 0.231 e. The molecule has 5 heteroatoms. The van der Waals surface area contributed by atoms with Crippen LogP contribution >= 0.6 is 0 Å². The largest absolute Gasteiger partial charge is 0.550 e. The van der Waals surface area contributed by atoms with Gasteiger partial charge in [-0.05, 0) is 37.1 Å². The van der Waals surface area contributed by atoms with E-state index in [0.29, 0.717) is 5.69 Å². The molecular formula is C16H16NO4-. The van der Waals surface area contributed by atoms with E-state index in [1.165, 1.54) is 0 Å². The number of aryl methyl sites for hydroxylation is 2. The van der Waals surface area contributed by atoms with Crippen molar-refractivity contribution >= 4 is 17.6 Å². The van der Waals surface area contributed by atoms with Gasteiger partial charge in [-0.15, -0.1) is 0 Å². The zero-order valence-electron chi connectivity index (χ0n) is 11.8. The Kier molecular flexibility index (Phi) is 3.29. The van der Waals surface area contributed by atoms with Crippen LogP contribution in [-0.4, -0.2) is 24.1 Å². The number of amides is 1. The number of rotatable bonds is 3. The summed E-state index contributed by atoms with van der Waals surface area (Å²) in [6.07, 6.45) is 2.39. The first-order chi connectivity index (χ1) is 9.97. The van der Waals surface area contributed by atoms with Gasteiger partial charge in [-0.25, -0.2) is 0 Å². The van der Waals surface area contributed by atoms with Crippen LogP contribution in [-0.2, 0) is 14.3 Å². The molecule has 21 heavy (non-hydrogen) atoms. The molecule has 0 unspecified atom stereocenters. The van der Waals surface area contributed by atoms with Crippen molar-refractivity contribution in [3.05, 3.63) is 41.5 Å². The van der Waals surface area contributed by atoms with Gasteiger partial charge >= 0.3 is 0 Å². The summed E-state index contributed by atoms with van der Waals surface area (Å²) in [5.41, 5.74) is 2.85. The van der Waals surface area contributed by atoms with Crippen LogP contribution in [0.1, 0.15) is 11.1 Å². The van der Waals surface area contributed by atoms with Crippen molar-refractivity contribution in [3.8, 4) is 0 Å². The fraction of sp³-hybridized carbons (Fsp3) is 0.375. The summed E-state index contributed by atoms with van der Waals surface area (Å²) in [5.74, 6) is -3.26. The maximum absolute atomic E-state index is 12.4. The molecule has 2 heterocycles. The molecule has 0 saturated carbocycles. The van der Waals surface area contributed by atoms with Crippen LogP contribution in [0.25, 0.3) is 0 Å². The van der Waals surface area contributed by atoms with E-state index < -0.39 is 30.0 Å². The number of anilines is 1. The van der Waals surface area contributed by atoms with E-state index in [1.54, 1.807) is 18.2 Å². The van der Waals surface area contributed by atoms with Gasteiger partial charge in [-0.2, -0.15) is 0 Å². The van der Waals surface area contributed by atoms with Gasteiger partial charge in [0.25, 0.3) is 0 Å². The summed E-state index contributed by atoms with van der Waals surface area (Å²) < 4.78 is 5.47. The standard InChI is InChI=1S/C16H17NO4/c1-8-3-4-10(7-9(8)2)17-15(18)13-11-5-6-12(21-11)14(13)16(19)20/h3-7,11-14H,1-2H3,(H,17,18)(H,19,20)/p-1/t11-,12+,13+,14+/m1/s1. The highest BCUT2D eigenvalue weighted by molar-refractivity contribution is 5.96. The van der Waals surface area contributed by atoms with E-state index in [0.717, 1.165) is 11.1 Å². The van der Waals surface area contributed by atoms with E-state index in [1.807, 2.05) is 26.0 Å². The number of nitrogens with one attached hydrogen (secondary N) is 1. The highest BCUT2D eigenvalue weighted by Crippen LogP contribution is 2.39. The first-order valence-corrected chi connectivity index (χ1v) is 6.90. The molecule has 1 saturated heterocycles. The SMILES string of the molecule is Cc1ccc(NC(=O)[C@@H]2[C@@H](C(=O)[O-])[C@@H]3C=C[C@H]2O3)cc1C. The molecule has 0 spiro atoms. The Hall–Kier alpha value is -2.14. The second-order valence-electron chi connectivity index (χ2n) is 5.61. The lowest BCUT2D eigenvalue weighted by Crippen LogP contribution is -2.45. The average molecular weight is 286 g/mol. The van der Waals surface area contributed by atoms with E-state index in [2.05, 4.69) is 5.32 Å². The van der Waals surface area contributed by atoms with Gasteiger partial charge < -0.3 is 20.0 Å². The lowest BCUT2D eigenvalue weighted by Gasteiger charge is -2.25. The lowest BCUT2D eigenvalue weighted by atomic mass is 9.82. The fourth-order valence-corrected chi connectivity index (χ4v) is 2.95. The van der Waals surface area contributed by atoms with Crippen LogP contribution < -0.4 is 10.4 Å². The second kappa shape index (κ2) is 5.00. The monoisotopic (exact) mass is 286 g/mol. The summed E-state index contributed by atoms with van der Waals surface area (Å²) in [5, 5.41) is 14.0. The number of carbonyl (C=O) groups is 2. The van der Waals surface area contributed by atoms with Crippen LogP contribution in [0.15, 0.2) is 30.4 Å². The van der Waals surface area contributed by atoms with E-state index in [9.17, 15) is 14.7 Å². The molecule has 3 rings (SSSR count). The Labute approximate surface area is 122 Å². The molecule has 0 aromatic heterocycles. The third-order valence-corrected chi connectivity index (χ3v) is 4.25. The van der Waals surface area contributed by atoms with Crippen molar-refractivity contribution in [2.75, 3.05) is 5.32 Å². The molecule has 1 aromatic rings. The third kappa shape index (κ3) is 2.34. The van der Waals surface area contributed by atoms with Crippen LogP contribution in [0.3, 0.4) is 0 Å². The summed E-state index contributed by atoms with van der Waals surface area (Å²) >= 11 is 0. The first-order valence-electron chi connectivity index (χ1n) is 6.90. The molecule has 0 aliphatic carbocycles. The Morgan fingerprint density at radius 1 is 1.10 bits per heavy atom. The summed E-state index contributed by atoms with van der Waals surface area (Å²) in [4.78, 5) is 23.7. The number of hydrogen-bond acceptors (Lipinski definition) is 4. The molecule has 1 fully saturated rings. The van der Waals surface area contributed by atoms with Crippen molar-refractivity contribution in [2.24, 2.45) is 11.8 Å². The van der Waals surface area contributed by atoms with Gasteiger partial charge in [-0.3, -0.25) is 4.79 Å². The van der Waals surface area contributed by atoms with Gasteiger partial charge in [0.2, 0.25) is 5.91 Å². The van der Waals surface area contributed by atoms with Crippen LogP contribution in [0, 0.1) is 25.7 Å². The Balaban J connectivity index is 1.80. The number of benzene rings is 1. The first kappa shape index (κ1) is 13.8. The number of carboxylic acids is 1. The van der Waals surface area contributed by atoms with Gasteiger partial charge in [0.05, 0.1) is 18.1 Å². The fourth-order valence-electron chi connectivity index (χ4n) is 2.95. The summed E-state index contributed by atoms with van der Waals surface area (Å²) in [6, 6.07) is 5.59. The summed E-state index contributed by atoms with van der Waals surface area (Å²) in [7, 11) is 0. The zero-order chi connectivity index (χ0) is 15.1. The lowest BCUT2D eigenvalue weighted by molar-refractivity contribution is -0.313. The van der Waals surface area contributed by atoms with E-state index >= 15 is 0 Å². The Bertz CT molecular complexity index is 637. The molecule has 0 radical (unpaired) electrons. The molecule has 5 nitrogen and oxygen atoms in total. The van der Waals surface area contributed by atoms with Gasteiger partial charge in [0.15, 0.2) is 0 Å². The van der Waals surface area contributed by atoms with E-state index in [-0.39, 0.29) is 5.91 Å². The predicted molar refractivity (Wildman–Crippen MR) is 74.3 cm³/mol. The minimum atomic E-state index is -1.24. The Morgan fingerprint density at radius 2 is 1.76 bits per heavy atom. The highest BCUT2D eigenvalue weighted by Gasteiger charge is 2.50. The van der Waals surface area contributed by atoms with Crippen molar-refractivity contribution in [1.29, 1.82) is 0 Å². The highest BCUT2D eigenvalue weighted by atomic mass is 16.5. The molecule has 2 aliphatic rings. The molecular weight excluding hydrogens is 270 g/mol. The van der Waals surface area contributed by atoms with Crippen molar-refractivity contribution in [3.63, 3.8) is 0 Å². The number of carbonyl (C=O) groups excluding carboxylic acids is 2. The summed E-state index contributed by atoms with van der Waals surface area (Å²) in [6.45, 7) is 3.94. The maximum atomic E-state index is 12.4.